The van der Waals surface area contributed by atoms with Gasteiger partial charge in [-0.25, -0.2) is 0 Å². The van der Waals surface area contributed by atoms with E-state index in [2.05, 4.69) is 6.07 Å². The maximum Gasteiger partial charge on any atom is 1.00 e. The number of allylic oxidation sites excluding steroid dienone is 2. The molecule has 0 fully saturated rings. The van der Waals surface area contributed by atoms with Crippen molar-refractivity contribution in [3.05, 3.63) is 70.3 Å². The minimum atomic E-state index is -1.15. The summed E-state index contributed by atoms with van der Waals surface area (Å²) in [6.45, 7) is 1.88. The van der Waals surface area contributed by atoms with Gasteiger partial charge in [0.2, 0.25) is 0 Å². The van der Waals surface area contributed by atoms with E-state index in [1.807, 2.05) is 43.3 Å². The van der Waals surface area contributed by atoms with Gasteiger partial charge in [-0.3, -0.25) is 4.21 Å². The molecule has 0 N–H and O–H groups in total. The summed E-state index contributed by atoms with van der Waals surface area (Å²) in [7, 11) is -1.03. The third-order valence-electron chi connectivity index (χ3n) is 4.46. The van der Waals surface area contributed by atoms with Crippen LogP contribution >= 0.6 is 0 Å². The quantitative estimate of drug-likeness (QED) is 0.681. The second-order valence-electron chi connectivity index (χ2n) is 6.11. The molecule has 6 heteroatoms. The Labute approximate surface area is 183 Å². The number of carbonyl (C=O) groups excluding carboxylic acids is 1. The van der Waals surface area contributed by atoms with Crippen LogP contribution in [0.2, 0.25) is 0 Å². The van der Waals surface area contributed by atoms with Crippen LogP contribution in [0.25, 0.3) is 17.2 Å². The number of nitriles is 1. The van der Waals surface area contributed by atoms with E-state index in [-0.39, 0.29) is 36.0 Å². The van der Waals surface area contributed by atoms with Crippen molar-refractivity contribution in [1.82, 2.24) is 0 Å². The van der Waals surface area contributed by atoms with Gasteiger partial charge >= 0.3 is 29.6 Å². The number of carboxylic acids is 1. The summed E-state index contributed by atoms with van der Waals surface area (Å²) in [5, 5.41) is 20.3. The SMILES string of the molecule is CC1=C(CC(=O)[O-])c2cc(C#N)ccc2C1=Cc1ccc(S(C)=O)cc1.[Na+]. The van der Waals surface area contributed by atoms with Crippen LogP contribution in [0.3, 0.4) is 0 Å². The van der Waals surface area contributed by atoms with Gasteiger partial charge in [0.25, 0.3) is 0 Å². The van der Waals surface area contributed by atoms with Gasteiger partial charge in [0.05, 0.1) is 11.6 Å². The molecule has 0 saturated carbocycles. The molecule has 130 valence electrons. The molecule has 0 aromatic heterocycles. The largest absolute Gasteiger partial charge is 1.00 e. The van der Waals surface area contributed by atoms with E-state index in [9.17, 15) is 14.1 Å². The Bertz CT molecular complexity index is 1030. The number of benzene rings is 2. The van der Waals surface area contributed by atoms with Crippen LogP contribution < -0.4 is 34.7 Å². The summed E-state index contributed by atoms with van der Waals surface area (Å²) in [6, 6.07) is 14.8. The Kier molecular flexibility index (Phi) is 6.96. The third kappa shape index (κ3) is 4.48. The molecule has 1 aliphatic rings. The van der Waals surface area contributed by atoms with Crippen LogP contribution in [0.15, 0.2) is 52.9 Å². The molecule has 1 unspecified atom stereocenters. The van der Waals surface area contributed by atoms with Crippen molar-refractivity contribution in [2.24, 2.45) is 0 Å². The number of nitrogens with zero attached hydrogens (tertiary/aromatic N) is 1. The molecule has 4 nitrogen and oxygen atoms in total. The molecule has 0 radical (unpaired) electrons. The monoisotopic (exact) mass is 385 g/mol. The van der Waals surface area contributed by atoms with Crippen LogP contribution in [-0.4, -0.2) is 16.4 Å². The van der Waals surface area contributed by atoms with Crippen LogP contribution in [0.4, 0.5) is 0 Å². The van der Waals surface area contributed by atoms with Crippen molar-refractivity contribution in [3.63, 3.8) is 0 Å². The smallest absolute Gasteiger partial charge is 0.550 e. The minimum absolute atomic E-state index is 0. The van der Waals surface area contributed by atoms with E-state index in [4.69, 9.17) is 5.26 Å². The molecule has 0 amide bonds. The number of carboxylic acid groups (broad SMARTS) is 1. The van der Waals surface area contributed by atoms with Crippen molar-refractivity contribution in [2.75, 3.05) is 6.26 Å². The maximum absolute atomic E-state index is 11.5. The fourth-order valence-corrected chi connectivity index (χ4v) is 3.66. The maximum atomic E-state index is 11.5. The summed E-state index contributed by atoms with van der Waals surface area (Å²) in [5.74, 6) is -1.15. The zero-order valence-electron chi connectivity index (χ0n) is 15.4. The molecule has 0 saturated heterocycles. The van der Waals surface area contributed by atoms with Gasteiger partial charge < -0.3 is 9.90 Å². The Balaban J connectivity index is 0.00000261. The summed E-state index contributed by atoms with van der Waals surface area (Å²) in [4.78, 5) is 11.9. The molecule has 2 aromatic carbocycles. The van der Waals surface area contributed by atoms with Gasteiger partial charge in [-0.05, 0) is 70.7 Å². The van der Waals surface area contributed by atoms with Crippen molar-refractivity contribution >= 4 is 34.0 Å². The van der Waals surface area contributed by atoms with Crippen molar-refractivity contribution in [3.8, 4) is 6.07 Å². The summed E-state index contributed by atoms with van der Waals surface area (Å²) in [5.41, 5.74) is 5.55. The predicted molar refractivity (Wildman–Crippen MR) is 100 cm³/mol. The molecule has 2 aromatic rings. The number of fused-ring (bicyclic) bond motifs is 1. The fourth-order valence-electron chi connectivity index (χ4n) is 3.15. The second kappa shape index (κ2) is 8.81. The molecule has 0 aliphatic heterocycles. The van der Waals surface area contributed by atoms with Gasteiger partial charge in [-0.1, -0.05) is 18.2 Å². The Morgan fingerprint density at radius 1 is 1.19 bits per heavy atom. The number of carbonyl (C=O) groups is 1. The van der Waals surface area contributed by atoms with Crippen molar-refractivity contribution in [2.45, 2.75) is 18.2 Å². The third-order valence-corrected chi connectivity index (χ3v) is 5.40. The van der Waals surface area contributed by atoms with E-state index < -0.39 is 16.8 Å². The molecule has 0 bridgehead atoms. The van der Waals surface area contributed by atoms with Gasteiger partial charge in [-0.15, -0.1) is 0 Å². The van der Waals surface area contributed by atoms with Gasteiger partial charge in [0, 0.05) is 34.3 Å². The van der Waals surface area contributed by atoms with E-state index in [0.717, 1.165) is 32.7 Å². The predicted octanol–water partition coefficient (Wildman–Crippen LogP) is -0.233. The van der Waals surface area contributed by atoms with E-state index in [0.29, 0.717) is 11.1 Å². The van der Waals surface area contributed by atoms with Gasteiger partial charge in [0.1, 0.15) is 0 Å². The van der Waals surface area contributed by atoms with Crippen LogP contribution in [-0.2, 0) is 15.6 Å². The summed E-state index contributed by atoms with van der Waals surface area (Å²) in [6.07, 6.45) is 3.41. The van der Waals surface area contributed by atoms with E-state index in [1.165, 1.54) is 0 Å². The van der Waals surface area contributed by atoms with Crippen molar-refractivity contribution < 1.29 is 43.7 Å². The average Bonchev–Trinajstić information content (AvgIpc) is 2.87. The second-order valence-corrected chi connectivity index (χ2v) is 7.49. The number of hydrogen-bond donors (Lipinski definition) is 0. The normalized spacial score (nSPS) is 15.1. The molecular weight excluding hydrogens is 369 g/mol. The van der Waals surface area contributed by atoms with Gasteiger partial charge in [-0.2, -0.15) is 5.26 Å². The first-order valence-corrected chi connectivity index (χ1v) is 9.56. The van der Waals surface area contributed by atoms with Crippen LogP contribution in [0.1, 0.15) is 35.6 Å². The Morgan fingerprint density at radius 3 is 2.41 bits per heavy atom. The zero-order chi connectivity index (χ0) is 18.8. The van der Waals surface area contributed by atoms with Gasteiger partial charge in [0.15, 0.2) is 0 Å². The standard InChI is InChI=1S/C21H17NO3S.Na/c1-13-18(9-14-3-6-16(7-4-14)26(2)25)17-8-5-15(12-22)10-20(17)19(13)11-21(23)24;/h3-10H,11H2,1-2H3,(H,23,24);/q;+1/p-1. The first-order valence-electron chi connectivity index (χ1n) is 8.00. The molecule has 0 heterocycles. The molecule has 1 aliphatic carbocycles. The molecule has 27 heavy (non-hydrogen) atoms. The molecule has 3 rings (SSSR count). The fraction of sp³-hybridized carbons (Fsp3) is 0.143. The molecule has 0 spiro atoms. The Morgan fingerprint density at radius 2 is 1.85 bits per heavy atom. The number of hydrogen-bond acceptors (Lipinski definition) is 4. The first kappa shape index (κ1) is 21.3. The minimum Gasteiger partial charge on any atom is -0.550 e. The average molecular weight is 385 g/mol. The topological polar surface area (TPSA) is 81.0 Å². The number of aliphatic carboxylic acids is 1. The molecule has 1 atom stereocenters. The van der Waals surface area contributed by atoms with E-state index in [1.54, 1.807) is 18.4 Å². The van der Waals surface area contributed by atoms with Crippen LogP contribution in [0.5, 0.6) is 0 Å². The zero-order valence-corrected chi connectivity index (χ0v) is 18.2. The summed E-state index contributed by atoms with van der Waals surface area (Å²) >= 11 is 0. The first-order chi connectivity index (χ1) is 12.4. The number of rotatable bonds is 4. The summed E-state index contributed by atoms with van der Waals surface area (Å²) < 4.78 is 11.5. The van der Waals surface area contributed by atoms with E-state index >= 15 is 0 Å². The Hall–Kier alpha value is -1.97. The van der Waals surface area contributed by atoms with Crippen LogP contribution in [0, 0.1) is 11.3 Å². The van der Waals surface area contributed by atoms with Crippen molar-refractivity contribution in [1.29, 1.82) is 5.26 Å². The molecular formula is C21H16NNaO3S.